The molecular weight excluding hydrogens is 581 g/mol. The Morgan fingerprint density at radius 2 is 1.86 bits per heavy atom. The molecule has 0 aliphatic carbocycles. The molecule has 0 aliphatic heterocycles. The van der Waals surface area contributed by atoms with E-state index in [2.05, 4.69) is 75.7 Å². The summed E-state index contributed by atoms with van der Waals surface area (Å²) >= 11 is 12.3. The van der Waals surface area contributed by atoms with Crippen molar-refractivity contribution in [3.05, 3.63) is 52.9 Å². The first-order valence-corrected chi connectivity index (χ1v) is 9.17. The Bertz CT molecular complexity index is 707. The van der Waals surface area contributed by atoms with Gasteiger partial charge in [-0.15, -0.1) is 0 Å². The second-order valence-electron chi connectivity index (χ2n) is 4.05. The van der Waals surface area contributed by atoms with E-state index in [1.807, 2.05) is 24.3 Å². The van der Waals surface area contributed by atoms with Crippen molar-refractivity contribution in [1.29, 1.82) is 0 Å². The van der Waals surface area contributed by atoms with Crippen LogP contribution in [0.15, 0.2) is 43.7 Å². The van der Waals surface area contributed by atoms with Crippen molar-refractivity contribution in [2.24, 2.45) is 0 Å². The highest BCUT2D eigenvalue weighted by Gasteiger charge is 2.17. The Morgan fingerprint density at radius 1 is 1.14 bits per heavy atom. The van der Waals surface area contributed by atoms with Crippen LogP contribution in [-0.4, -0.2) is 13.0 Å². The molecule has 7 heteroatoms. The van der Waals surface area contributed by atoms with E-state index in [1.54, 1.807) is 6.07 Å². The Labute approximate surface area is 161 Å². The molecule has 3 nitrogen and oxygen atoms in total. The first kappa shape index (κ1) is 17.2. The molecule has 0 heterocycles. The fourth-order valence-corrected chi connectivity index (χ4v) is 4.54. The summed E-state index contributed by atoms with van der Waals surface area (Å²) in [5.74, 6) is 0.275. The van der Waals surface area contributed by atoms with Crippen molar-refractivity contribution in [3.8, 4) is 5.75 Å². The van der Waals surface area contributed by atoms with Crippen molar-refractivity contribution in [2.45, 2.75) is 0 Å². The molecule has 2 aromatic rings. The molecule has 1 amide bonds. The number of carbonyl (C=O) groups is 1. The number of amides is 1. The van der Waals surface area contributed by atoms with Crippen molar-refractivity contribution in [1.82, 2.24) is 0 Å². The number of rotatable bonds is 3. The molecule has 2 rings (SSSR count). The summed E-state index contributed by atoms with van der Waals surface area (Å²) in [6, 6.07) is 9.23. The van der Waals surface area contributed by atoms with E-state index in [4.69, 9.17) is 4.74 Å². The summed E-state index contributed by atoms with van der Waals surface area (Å²) in [4.78, 5) is 12.5. The minimum Gasteiger partial charge on any atom is -0.495 e. The Kier molecular flexibility index (Phi) is 6.10. The van der Waals surface area contributed by atoms with Gasteiger partial charge in [0.05, 0.1) is 22.8 Å². The quantitative estimate of drug-likeness (QED) is 0.457. The van der Waals surface area contributed by atoms with Crippen LogP contribution in [0.4, 0.5) is 5.69 Å². The molecule has 0 fully saturated rings. The maximum Gasteiger partial charge on any atom is 0.259 e. The van der Waals surface area contributed by atoms with Gasteiger partial charge in [0.1, 0.15) is 5.75 Å². The monoisotopic (exact) mass is 587 g/mol. The molecule has 0 aromatic heterocycles. The standard InChI is InChI=1S/C14H9Br3INO2/c1-21-13-9(4-8(16)5-10(13)17)14(20)19-12-3-2-7(15)6-11(12)18/h2-6H,1H3,(H,19,20). The van der Waals surface area contributed by atoms with E-state index >= 15 is 0 Å². The molecule has 110 valence electrons. The highest BCUT2D eigenvalue weighted by molar-refractivity contribution is 14.1. The third kappa shape index (κ3) is 4.20. The number of methoxy groups -OCH3 is 1. The summed E-state index contributed by atoms with van der Waals surface area (Å²) in [6.45, 7) is 0. The highest BCUT2D eigenvalue weighted by atomic mass is 127. The molecule has 0 spiro atoms. The minimum atomic E-state index is -0.228. The first-order valence-electron chi connectivity index (χ1n) is 5.72. The van der Waals surface area contributed by atoms with E-state index in [9.17, 15) is 4.79 Å². The third-order valence-corrected chi connectivity index (χ3v) is 5.07. The van der Waals surface area contributed by atoms with E-state index < -0.39 is 0 Å². The summed E-state index contributed by atoms with van der Waals surface area (Å²) < 4.78 is 8.73. The van der Waals surface area contributed by atoms with Crippen LogP contribution in [0, 0.1) is 3.57 Å². The number of nitrogens with one attached hydrogen (secondary N) is 1. The van der Waals surface area contributed by atoms with E-state index in [1.165, 1.54) is 7.11 Å². The number of halogens is 4. The minimum absolute atomic E-state index is 0.228. The second-order valence-corrected chi connectivity index (χ2v) is 7.89. The predicted molar refractivity (Wildman–Crippen MR) is 103 cm³/mol. The van der Waals surface area contributed by atoms with Crippen LogP contribution in [0.1, 0.15) is 10.4 Å². The maximum atomic E-state index is 12.5. The van der Waals surface area contributed by atoms with Crippen LogP contribution in [0.5, 0.6) is 5.75 Å². The number of hydrogen-bond acceptors (Lipinski definition) is 2. The molecule has 0 saturated heterocycles. The predicted octanol–water partition coefficient (Wildman–Crippen LogP) is 5.84. The fourth-order valence-electron chi connectivity index (χ4n) is 1.72. The van der Waals surface area contributed by atoms with Gasteiger partial charge in [0.25, 0.3) is 5.91 Å². The normalized spacial score (nSPS) is 10.3. The molecule has 0 atom stereocenters. The van der Waals surface area contributed by atoms with Gasteiger partial charge >= 0.3 is 0 Å². The van der Waals surface area contributed by atoms with Crippen LogP contribution in [0.2, 0.25) is 0 Å². The van der Waals surface area contributed by atoms with Crippen LogP contribution in [-0.2, 0) is 0 Å². The summed E-state index contributed by atoms with van der Waals surface area (Å²) in [5, 5.41) is 2.89. The lowest BCUT2D eigenvalue weighted by Crippen LogP contribution is -2.14. The van der Waals surface area contributed by atoms with Crippen molar-refractivity contribution < 1.29 is 9.53 Å². The van der Waals surface area contributed by atoms with Gasteiger partial charge in [-0.05, 0) is 68.9 Å². The van der Waals surface area contributed by atoms with Gasteiger partial charge in [0.15, 0.2) is 0 Å². The number of carbonyl (C=O) groups excluding carboxylic acids is 1. The zero-order valence-corrected chi connectivity index (χ0v) is 17.6. The van der Waals surface area contributed by atoms with Gasteiger partial charge in [-0.25, -0.2) is 0 Å². The number of benzene rings is 2. The zero-order valence-electron chi connectivity index (χ0n) is 10.7. The largest absolute Gasteiger partial charge is 0.495 e. The first-order chi connectivity index (χ1) is 9.92. The van der Waals surface area contributed by atoms with Gasteiger partial charge in [-0.1, -0.05) is 31.9 Å². The Morgan fingerprint density at radius 3 is 2.48 bits per heavy atom. The van der Waals surface area contributed by atoms with Crippen molar-refractivity contribution >= 4 is 82.0 Å². The molecule has 0 radical (unpaired) electrons. The average Bonchev–Trinajstić information content (AvgIpc) is 2.41. The fraction of sp³-hybridized carbons (Fsp3) is 0.0714. The summed E-state index contributed by atoms with van der Waals surface area (Å²) in [7, 11) is 1.54. The lowest BCUT2D eigenvalue weighted by atomic mass is 10.2. The van der Waals surface area contributed by atoms with Gasteiger partial charge < -0.3 is 10.1 Å². The lowest BCUT2D eigenvalue weighted by molar-refractivity contribution is 0.102. The molecule has 2 aromatic carbocycles. The third-order valence-electron chi connectivity index (χ3n) is 2.64. The number of ether oxygens (including phenoxy) is 1. The average molecular weight is 590 g/mol. The molecule has 0 saturated carbocycles. The van der Waals surface area contributed by atoms with Gasteiger partial charge in [-0.2, -0.15) is 0 Å². The van der Waals surface area contributed by atoms with E-state index in [0.717, 1.165) is 22.7 Å². The van der Waals surface area contributed by atoms with Crippen molar-refractivity contribution in [2.75, 3.05) is 12.4 Å². The highest BCUT2D eigenvalue weighted by Crippen LogP contribution is 2.33. The second kappa shape index (κ2) is 7.43. The summed E-state index contributed by atoms with van der Waals surface area (Å²) in [6.07, 6.45) is 0. The Hall–Kier alpha value is -0.120. The SMILES string of the molecule is COc1c(Br)cc(Br)cc1C(=O)Nc1ccc(Br)cc1I. The van der Waals surface area contributed by atoms with E-state index in [0.29, 0.717) is 11.3 Å². The molecular formula is C14H9Br3INO2. The van der Waals surface area contributed by atoms with Gasteiger partial charge in [0.2, 0.25) is 0 Å². The van der Waals surface area contributed by atoms with Gasteiger partial charge in [0, 0.05) is 12.5 Å². The smallest absolute Gasteiger partial charge is 0.259 e. The van der Waals surface area contributed by atoms with Crippen LogP contribution < -0.4 is 10.1 Å². The summed E-state index contributed by atoms with van der Waals surface area (Å²) in [5.41, 5.74) is 1.21. The van der Waals surface area contributed by atoms with Crippen LogP contribution in [0.25, 0.3) is 0 Å². The zero-order chi connectivity index (χ0) is 15.6. The molecule has 0 aliphatic rings. The molecule has 0 unspecified atom stereocenters. The van der Waals surface area contributed by atoms with Crippen LogP contribution >= 0.6 is 70.4 Å². The molecule has 1 N–H and O–H groups in total. The number of anilines is 1. The van der Waals surface area contributed by atoms with Crippen LogP contribution in [0.3, 0.4) is 0 Å². The molecule has 0 bridgehead atoms. The van der Waals surface area contributed by atoms with E-state index in [-0.39, 0.29) is 5.91 Å². The lowest BCUT2D eigenvalue weighted by Gasteiger charge is -2.12. The van der Waals surface area contributed by atoms with Gasteiger partial charge in [-0.3, -0.25) is 4.79 Å². The number of hydrogen-bond donors (Lipinski definition) is 1. The van der Waals surface area contributed by atoms with Crippen molar-refractivity contribution in [3.63, 3.8) is 0 Å². The molecule has 21 heavy (non-hydrogen) atoms. The Balaban J connectivity index is 2.36. The maximum absolute atomic E-state index is 12.5. The topological polar surface area (TPSA) is 38.3 Å².